The molecule has 0 spiro atoms. The summed E-state index contributed by atoms with van der Waals surface area (Å²) in [5, 5.41) is 3.35. The van der Waals surface area contributed by atoms with Crippen LogP contribution in [0.5, 0.6) is 0 Å². The zero-order valence-corrected chi connectivity index (χ0v) is 10.8. The predicted molar refractivity (Wildman–Crippen MR) is 66.8 cm³/mol. The fraction of sp³-hybridized carbons (Fsp3) is 0.600. The molecule has 1 aliphatic heterocycles. The molecule has 15 heavy (non-hydrogen) atoms. The highest BCUT2D eigenvalue weighted by atomic mass is 127. The Morgan fingerprint density at radius 3 is 2.87 bits per heavy atom. The van der Waals surface area contributed by atoms with Crippen molar-refractivity contribution in [3.05, 3.63) is 16.0 Å². The maximum Gasteiger partial charge on any atom is 0.222 e. The smallest absolute Gasteiger partial charge is 0.222 e. The van der Waals surface area contributed by atoms with Crippen LogP contribution >= 0.6 is 22.6 Å². The molecule has 1 aliphatic rings. The molecule has 4 nitrogen and oxygen atoms in total. The monoisotopic (exact) mass is 319 g/mol. The molecule has 1 aromatic heterocycles. The van der Waals surface area contributed by atoms with E-state index in [0.717, 1.165) is 23.2 Å². The molecule has 0 aliphatic carbocycles. The summed E-state index contributed by atoms with van der Waals surface area (Å²) < 4.78 is 6.44. The second-order valence-corrected chi connectivity index (χ2v) is 5.06. The van der Waals surface area contributed by atoms with Gasteiger partial charge in [-0.3, -0.25) is 0 Å². The lowest BCUT2D eigenvalue weighted by Crippen LogP contribution is -2.36. The van der Waals surface area contributed by atoms with Crippen LogP contribution in [0.25, 0.3) is 0 Å². The van der Waals surface area contributed by atoms with Crippen molar-refractivity contribution >= 4 is 28.5 Å². The molecule has 2 rings (SSSR count). The maximum atomic E-state index is 5.39. The van der Waals surface area contributed by atoms with Crippen molar-refractivity contribution in [2.45, 2.75) is 19.4 Å². The highest BCUT2D eigenvalue weighted by Gasteiger charge is 2.22. The lowest BCUT2D eigenvalue weighted by atomic mass is 9.98. The Morgan fingerprint density at radius 2 is 2.20 bits per heavy atom. The quantitative estimate of drug-likeness (QED) is 0.846. The minimum atomic E-state index is 0.429. The lowest BCUT2D eigenvalue weighted by Gasteiger charge is -2.29. The van der Waals surface area contributed by atoms with Gasteiger partial charge >= 0.3 is 0 Å². The number of halogens is 1. The number of rotatable bonds is 2. The van der Waals surface area contributed by atoms with Crippen molar-refractivity contribution in [1.29, 1.82) is 0 Å². The van der Waals surface area contributed by atoms with Crippen LogP contribution in [0.2, 0.25) is 0 Å². The summed E-state index contributed by atoms with van der Waals surface area (Å²) in [6, 6.07) is 0.429. The summed E-state index contributed by atoms with van der Waals surface area (Å²) in [6.45, 7) is 3.83. The van der Waals surface area contributed by atoms with E-state index in [4.69, 9.17) is 4.74 Å². The Bertz CT molecular complexity index is 317. The topological polar surface area (TPSA) is 47.0 Å². The molecular formula is C10H14IN3O. The van der Waals surface area contributed by atoms with Gasteiger partial charge in [-0.25, -0.2) is 9.97 Å². The summed E-state index contributed by atoms with van der Waals surface area (Å²) in [6.07, 6.45) is 4.66. The maximum absolute atomic E-state index is 5.39. The number of nitrogens with one attached hydrogen (secondary N) is 1. The third kappa shape index (κ3) is 3.01. The predicted octanol–water partition coefficient (Wildman–Crippen LogP) is 1.92. The van der Waals surface area contributed by atoms with Crippen LogP contribution in [-0.4, -0.2) is 29.2 Å². The molecule has 1 fully saturated rings. The normalized spacial score (nSPS) is 26.3. The van der Waals surface area contributed by atoms with Crippen LogP contribution in [0, 0.1) is 9.49 Å². The van der Waals surface area contributed by atoms with Crippen molar-refractivity contribution < 1.29 is 4.74 Å². The summed E-state index contributed by atoms with van der Waals surface area (Å²) in [4.78, 5) is 8.47. The van der Waals surface area contributed by atoms with Crippen LogP contribution < -0.4 is 5.32 Å². The molecule has 2 atom stereocenters. The average Bonchev–Trinajstić information content (AvgIpc) is 2.25. The van der Waals surface area contributed by atoms with E-state index in [-0.39, 0.29) is 0 Å². The van der Waals surface area contributed by atoms with E-state index in [1.54, 1.807) is 0 Å². The first-order valence-electron chi connectivity index (χ1n) is 5.07. The van der Waals surface area contributed by atoms with Gasteiger partial charge in [0.2, 0.25) is 5.95 Å². The number of anilines is 1. The van der Waals surface area contributed by atoms with Crippen molar-refractivity contribution in [3.63, 3.8) is 0 Å². The van der Waals surface area contributed by atoms with E-state index in [2.05, 4.69) is 44.8 Å². The Kier molecular flexibility index (Phi) is 3.74. The number of hydrogen-bond acceptors (Lipinski definition) is 4. The van der Waals surface area contributed by atoms with E-state index in [9.17, 15) is 0 Å². The first-order chi connectivity index (χ1) is 7.25. The third-order valence-electron chi connectivity index (χ3n) is 2.58. The molecule has 1 N–H and O–H groups in total. The molecule has 0 radical (unpaired) electrons. The van der Waals surface area contributed by atoms with Crippen molar-refractivity contribution in [3.8, 4) is 0 Å². The van der Waals surface area contributed by atoms with Gasteiger partial charge in [0.05, 0.1) is 6.61 Å². The Morgan fingerprint density at radius 1 is 1.47 bits per heavy atom. The standard InChI is InChI=1S/C10H14IN3O/c1-7-6-15-3-2-9(7)14-10-12-4-8(11)5-13-10/h4-5,7,9H,2-3,6H2,1H3,(H,12,13,14). The van der Waals surface area contributed by atoms with Crippen LogP contribution in [0.15, 0.2) is 12.4 Å². The van der Waals surface area contributed by atoms with Gasteiger partial charge in [0.1, 0.15) is 0 Å². The zero-order chi connectivity index (χ0) is 10.7. The van der Waals surface area contributed by atoms with Crippen molar-refractivity contribution in [2.24, 2.45) is 5.92 Å². The SMILES string of the molecule is CC1COCCC1Nc1ncc(I)cn1. The number of nitrogens with zero attached hydrogens (tertiary/aromatic N) is 2. The highest BCUT2D eigenvalue weighted by Crippen LogP contribution is 2.17. The van der Waals surface area contributed by atoms with Crippen molar-refractivity contribution in [1.82, 2.24) is 9.97 Å². The second kappa shape index (κ2) is 5.07. The van der Waals surface area contributed by atoms with Crippen LogP contribution in [0.4, 0.5) is 5.95 Å². The highest BCUT2D eigenvalue weighted by molar-refractivity contribution is 14.1. The Balaban J connectivity index is 1.98. The zero-order valence-electron chi connectivity index (χ0n) is 8.61. The second-order valence-electron chi connectivity index (χ2n) is 3.82. The van der Waals surface area contributed by atoms with Gasteiger partial charge in [0, 0.05) is 28.6 Å². The molecule has 1 saturated heterocycles. The van der Waals surface area contributed by atoms with Crippen LogP contribution in [0.3, 0.4) is 0 Å². The van der Waals surface area contributed by atoms with Gasteiger partial charge in [0.25, 0.3) is 0 Å². The third-order valence-corrected chi connectivity index (χ3v) is 3.13. The van der Waals surface area contributed by atoms with Crippen LogP contribution in [-0.2, 0) is 4.74 Å². The van der Waals surface area contributed by atoms with Crippen LogP contribution in [0.1, 0.15) is 13.3 Å². The van der Waals surface area contributed by atoms with E-state index in [1.165, 1.54) is 0 Å². The fourth-order valence-corrected chi connectivity index (χ4v) is 1.93. The lowest BCUT2D eigenvalue weighted by molar-refractivity contribution is 0.0536. The molecular weight excluding hydrogens is 305 g/mol. The molecule has 0 aromatic carbocycles. The molecule has 5 heteroatoms. The molecule has 2 heterocycles. The molecule has 82 valence electrons. The molecule has 2 unspecified atom stereocenters. The summed E-state index contributed by atoms with van der Waals surface area (Å²) in [5.74, 6) is 1.23. The summed E-state index contributed by atoms with van der Waals surface area (Å²) in [5.41, 5.74) is 0. The van der Waals surface area contributed by atoms with Gasteiger partial charge < -0.3 is 10.1 Å². The first-order valence-corrected chi connectivity index (χ1v) is 6.15. The number of ether oxygens (including phenoxy) is 1. The number of aromatic nitrogens is 2. The van der Waals surface area contributed by atoms with E-state index < -0.39 is 0 Å². The van der Waals surface area contributed by atoms with Gasteiger partial charge in [0.15, 0.2) is 0 Å². The van der Waals surface area contributed by atoms with E-state index in [0.29, 0.717) is 17.9 Å². The summed E-state index contributed by atoms with van der Waals surface area (Å²) in [7, 11) is 0. The molecule has 0 amide bonds. The minimum Gasteiger partial charge on any atom is -0.381 e. The van der Waals surface area contributed by atoms with Gasteiger partial charge in [-0.2, -0.15) is 0 Å². The number of hydrogen-bond donors (Lipinski definition) is 1. The van der Waals surface area contributed by atoms with Gasteiger partial charge in [-0.1, -0.05) is 6.92 Å². The summed E-state index contributed by atoms with van der Waals surface area (Å²) >= 11 is 2.20. The Labute approximate surface area is 103 Å². The minimum absolute atomic E-state index is 0.429. The Hall–Kier alpha value is -0.430. The first kappa shape index (κ1) is 11.1. The average molecular weight is 319 g/mol. The van der Waals surface area contributed by atoms with Gasteiger partial charge in [-0.15, -0.1) is 0 Å². The van der Waals surface area contributed by atoms with Crippen molar-refractivity contribution in [2.75, 3.05) is 18.5 Å². The molecule has 0 bridgehead atoms. The van der Waals surface area contributed by atoms with Gasteiger partial charge in [-0.05, 0) is 34.9 Å². The fourth-order valence-electron chi connectivity index (χ4n) is 1.65. The molecule has 0 saturated carbocycles. The molecule has 1 aromatic rings. The largest absolute Gasteiger partial charge is 0.381 e. The van der Waals surface area contributed by atoms with E-state index >= 15 is 0 Å². The van der Waals surface area contributed by atoms with E-state index in [1.807, 2.05) is 12.4 Å².